The summed E-state index contributed by atoms with van der Waals surface area (Å²) in [6.07, 6.45) is 2.05. The van der Waals surface area contributed by atoms with Crippen molar-refractivity contribution < 1.29 is 9.47 Å². The number of benzene rings is 1. The SMILES string of the molecule is Cc1sc(-c2nc(-c3ccccc3)cn2C)c2c1OCCO2. The molecule has 0 amide bonds. The summed E-state index contributed by atoms with van der Waals surface area (Å²) in [7, 11) is 2.01. The Balaban J connectivity index is 1.83. The third-order valence-corrected chi connectivity index (χ3v) is 4.78. The van der Waals surface area contributed by atoms with Crippen LogP contribution in [-0.2, 0) is 7.05 Å². The number of imidazole rings is 1. The third kappa shape index (κ3) is 2.09. The summed E-state index contributed by atoms with van der Waals surface area (Å²) in [5.74, 6) is 2.62. The molecule has 3 aromatic rings. The molecule has 0 N–H and O–H groups in total. The standard InChI is InChI=1S/C17H16N2O2S/c1-11-14-15(21-9-8-20-14)16(22-11)17-18-13(10-19(17)2)12-6-4-3-5-7-12/h3-7,10H,8-9H2,1-2H3. The highest BCUT2D eigenvalue weighted by Gasteiger charge is 2.25. The minimum atomic E-state index is 0.589. The molecule has 0 bridgehead atoms. The van der Waals surface area contributed by atoms with Gasteiger partial charge in [0.25, 0.3) is 0 Å². The van der Waals surface area contributed by atoms with Gasteiger partial charge in [0.15, 0.2) is 17.3 Å². The Hall–Kier alpha value is -2.27. The van der Waals surface area contributed by atoms with E-state index in [9.17, 15) is 0 Å². The summed E-state index contributed by atoms with van der Waals surface area (Å²) in [5.41, 5.74) is 2.08. The van der Waals surface area contributed by atoms with Crippen molar-refractivity contribution in [3.63, 3.8) is 0 Å². The maximum Gasteiger partial charge on any atom is 0.183 e. The summed E-state index contributed by atoms with van der Waals surface area (Å²) in [6, 6.07) is 10.2. The molecule has 4 rings (SSSR count). The van der Waals surface area contributed by atoms with Gasteiger partial charge in [-0.2, -0.15) is 0 Å². The molecule has 0 aliphatic carbocycles. The van der Waals surface area contributed by atoms with Crippen LogP contribution in [-0.4, -0.2) is 22.8 Å². The molecule has 1 aliphatic heterocycles. The summed E-state index contributed by atoms with van der Waals surface area (Å²) in [4.78, 5) is 6.98. The van der Waals surface area contributed by atoms with Crippen molar-refractivity contribution in [3.05, 3.63) is 41.4 Å². The first kappa shape index (κ1) is 13.4. The number of hydrogen-bond donors (Lipinski definition) is 0. The normalized spacial score (nSPS) is 13.4. The van der Waals surface area contributed by atoms with E-state index in [1.165, 1.54) is 0 Å². The third-order valence-electron chi connectivity index (χ3n) is 3.71. The van der Waals surface area contributed by atoms with E-state index >= 15 is 0 Å². The molecular weight excluding hydrogens is 296 g/mol. The van der Waals surface area contributed by atoms with Gasteiger partial charge >= 0.3 is 0 Å². The second-order valence-corrected chi connectivity index (χ2v) is 6.49. The van der Waals surface area contributed by atoms with Crippen LogP contribution in [0.2, 0.25) is 0 Å². The van der Waals surface area contributed by atoms with Crippen molar-refractivity contribution >= 4 is 11.3 Å². The lowest BCUT2D eigenvalue weighted by molar-refractivity contribution is 0.173. The van der Waals surface area contributed by atoms with E-state index in [-0.39, 0.29) is 0 Å². The molecule has 1 aliphatic rings. The number of aryl methyl sites for hydroxylation is 2. The van der Waals surface area contributed by atoms with Gasteiger partial charge in [0.2, 0.25) is 0 Å². The van der Waals surface area contributed by atoms with Crippen molar-refractivity contribution in [2.24, 2.45) is 7.05 Å². The summed E-state index contributed by atoms with van der Waals surface area (Å²) < 4.78 is 13.6. The summed E-state index contributed by atoms with van der Waals surface area (Å²) >= 11 is 1.67. The second kappa shape index (κ2) is 5.18. The van der Waals surface area contributed by atoms with Gasteiger partial charge in [0, 0.05) is 23.7 Å². The minimum absolute atomic E-state index is 0.589. The van der Waals surface area contributed by atoms with Crippen LogP contribution in [0.3, 0.4) is 0 Å². The van der Waals surface area contributed by atoms with Gasteiger partial charge in [-0.05, 0) is 6.92 Å². The van der Waals surface area contributed by atoms with Gasteiger partial charge < -0.3 is 14.0 Å². The van der Waals surface area contributed by atoms with E-state index in [1.807, 2.05) is 29.8 Å². The van der Waals surface area contributed by atoms with Crippen LogP contribution in [0.25, 0.3) is 22.0 Å². The smallest absolute Gasteiger partial charge is 0.183 e. The molecule has 0 atom stereocenters. The van der Waals surface area contributed by atoms with Gasteiger partial charge in [-0.1, -0.05) is 30.3 Å². The largest absolute Gasteiger partial charge is 0.485 e. The highest BCUT2D eigenvalue weighted by Crippen LogP contribution is 2.48. The highest BCUT2D eigenvalue weighted by molar-refractivity contribution is 7.16. The van der Waals surface area contributed by atoms with Crippen LogP contribution in [0.5, 0.6) is 11.5 Å². The monoisotopic (exact) mass is 312 g/mol. The predicted octanol–water partition coefficient (Wildman–Crippen LogP) is 3.90. The van der Waals surface area contributed by atoms with Crippen LogP contribution < -0.4 is 9.47 Å². The van der Waals surface area contributed by atoms with Gasteiger partial charge in [-0.25, -0.2) is 4.98 Å². The molecule has 0 saturated carbocycles. The highest BCUT2D eigenvalue weighted by atomic mass is 32.1. The van der Waals surface area contributed by atoms with Gasteiger partial charge in [0.05, 0.1) is 5.69 Å². The number of hydrogen-bond acceptors (Lipinski definition) is 4. The maximum atomic E-state index is 5.83. The van der Waals surface area contributed by atoms with Crippen LogP contribution in [0.1, 0.15) is 4.88 Å². The van der Waals surface area contributed by atoms with Crippen LogP contribution in [0.15, 0.2) is 36.5 Å². The molecule has 0 unspecified atom stereocenters. The number of fused-ring (bicyclic) bond motifs is 1. The summed E-state index contributed by atoms with van der Waals surface area (Å²) in [6.45, 7) is 3.26. The first-order valence-electron chi connectivity index (χ1n) is 7.22. The Kier molecular flexibility index (Phi) is 3.15. The lowest BCUT2D eigenvalue weighted by Gasteiger charge is -2.16. The Morgan fingerprint density at radius 1 is 1.09 bits per heavy atom. The number of aromatic nitrogens is 2. The van der Waals surface area contributed by atoms with Crippen molar-refractivity contribution in [2.45, 2.75) is 6.92 Å². The molecule has 3 heterocycles. The molecule has 22 heavy (non-hydrogen) atoms. The Morgan fingerprint density at radius 3 is 2.59 bits per heavy atom. The zero-order chi connectivity index (χ0) is 15.1. The molecule has 1 aromatic carbocycles. The molecule has 0 spiro atoms. The van der Waals surface area contributed by atoms with Crippen LogP contribution in [0.4, 0.5) is 0 Å². The fraction of sp³-hybridized carbons (Fsp3) is 0.235. The molecule has 0 saturated heterocycles. The van der Waals surface area contributed by atoms with Gasteiger partial charge in [-0.15, -0.1) is 11.3 Å². The van der Waals surface area contributed by atoms with Crippen molar-refractivity contribution in [1.82, 2.24) is 9.55 Å². The lowest BCUT2D eigenvalue weighted by Crippen LogP contribution is -2.15. The first-order chi connectivity index (χ1) is 10.7. The zero-order valence-corrected chi connectivity index (χ0v) is 13.3. The molecule has 0 radical (unpaired) electrons. The fourth-order valence-electron chi connectivity index (χ4n) is 2.67. The lowest BCUT2D eigenvalue weighted by atomic mass is 10.2. The predicted molar refractivity (Wildman–Crippen MR) is 87.7 cm³/mol. The zero-order valence-electron chi connectivity index (χ0n) is 12.5. The molecular formula is C17H16N2O2S. The number of rotatable bonds is 2. The molecule has 112 valence electrons. The average Bonchev–Trinajstić information content (AvgIpc) is 3.09. The van der Waals surface area contributed by atoms with Crippen molar-refractivity contribution in [1.29, 1.82) is 0 Å². The molecule has 5 heteroatoms. The van der Waals surface area contributed by atoms with Crippen LogP contribution >= 0.6 is 11.3 Å². The quantitative estimate of drug-likeness (QED) is 0.720. The second-order valence-electron chi connectivity index (χ2n) is 5.27. The minimum Gasteiger partial charge on any atom is -0.485 e. The van der Waals surface area contributed by atoms with E-state index in [0.717, 1.165) is 38.3 Å². The van der Waals surface area contributed by atoms with E-state index in [4.69, 9.17) is 14.5 Å². The molecule has 2 aromatic heterocycles. The Morgan fingerprint density at radius 2 is 1.82 bits per heavy atom. The molecule has 0 fully saturated rings. The first-order valence-corrected chi connectivity index (χ1v) is 8.04. The molecule has 4 nitrogen and oxygen atoms in total. The number of thiophene rings is 1. The maximum absolute atomic E-state index is 5.83. The van der Waals surface area contributed by atoms with E-state index in [0.29, 0.717) is 13.2 Å². The van der Waals surface area contributed by atoms with Crippen molar-refractivity contribution in [2.75, 3.05) is 13.2 Å². The topological polar surface area (TPSA) is 36.3 Å². The van der Waals surface area contributed by atoms with Crippen molar-refractivity contribution in [3.8, 4) is 33.5 Å². The van der Waals surface area contributed by atoms with E-state index in [2.05, 4.69) is 25.3 Å². The number of nitrogens with zero attached hydrogens (tertiary/aromatic N) is 2. The van der Waals surface area contributed by atoms with Gasteiger partial charge in [-0.3, -0.25) is 0 Å². The average molecular weight is 312 g/mol. The Bertz CT molecular complexity index is 821. The van der Waals surface area contributed by atoms with E-state index < -0.39 is 0 Å². The number of ether oxygens (including phenoxy) is 2. The fourth-order valence-corrected chi connectivity index (χ4v) is 3.74. The Labute approximate surface area is 133 Å². The van der Waals surface area contributed by atoms with E-state index in [1.54, 1.807) is 11.3 Å². The van der Waals surface area contributed by atoms with Gasteiger partial charge in [0.1, 0.15) is 18.1 Å². The summed E-state index contributed by atoms with van der Waals surface area (Å²) in [5, 5.41) is 0. The van der Waals surface area contributed by atoms with Crippen LogP contribution in [0, 0.1) is 6.92 Å².